The Morgan fingerprint density at radius 2 is 1.84 bits per heavy atom. The molecular weight excluding hydrogens is 399 g/mol. The molecule has 0 spiro atoms. The Kier molecular flexibility index (Phi) is 5.99. The van der Waals surface area contributed by atoms with Gasteiger partial charge in [0.2, 0.25) is 11.8 Å². The van der Waals surface area contributed by atoms with Crippen molar-refractivity contribution in [1.82, 2.24) is 15.1 Å². The van der Waals surface area contributed by atoms with Crippen molar-refractivity contribution in [3.8, 4) is 0 Å². The molecule has 4 rings (SSSR count). The number of halogens is 1. The summed E-state index contributed by atoms with van der Waals surface area (Å²) < 4.78 is 13.1. The fourth-order valence-corrected chi connectivity index (χ4v) is 4.11. The maximum Gasteiger partial charge on any atom is 0.327 e. The lowest BCUT2D eigenvalue weighted by molar-refractivity contribution is -0.138. The van der Waals surface area contributed by atoms with Crippen LogP contribution in [0.2, 0.25) is 0 Å². The summed E-state index contributed by atoms with van der Waals surface area (Å²) in [5.74, 6) is -1.05. The molecule has 2 aromatic carbocycles. The van der Waals surface area contributed by atoms with Gasteiger partial charge in [-0.05, 0) is 56.1 Å². The highest BCUT2D eigenvalue weighted by Gasteiger charge is 2.47. The van der Waals surface area contributed by atoms with Gasteiger partial charge in [0.1, 0.15) is 18.4 Å². The number of benzene rings is 2. The number of amides is 4. The number of nitrogens with zero attached hydrogens (tertiary/aromatic N) is 2. The zero-order valence-electron chi connectivity index (χ0n) is 17.3. The summed E-state index contributed by atoms with van der Waals surface area (Å²) >= 11 is 0. The van der Waals surface area contributed by atoms with Crippen LogP contribution in [0.15, 0.2) is 48.5 Å². The lowest BCUT2D eigenvalue weighted by atomic mass is 9.93. The van der Waals surface area contributed by atoms with E-state index in [1.165, 1.54) is 34.1 Å². The zero-order chi connectivity index (χ0) is 22.0. The largest absolute Gasteiger partial charge is 0.327 e. The van der Waals surface area contributed by atoms with E-state index in [2.05, 4.69) is 10.6 Å². The van der Waals surface area contributed by atoms with Crippen LogP contribution in [0.3, 0.4) is 0 Å². The van der Waals surface area contributed by atoms with Crippen LogP contribution >= 0.6 is 0 Å². The van der Waals surface area contributed by atoms with Crippen LogP contribution in [0.25, 0.3) is 0 Å². The topological polar surface area (TPSA) is 81.8 Å². The van der Waals surface area contributed by atoms with E-state index in [0.29, 0.717) is 18.7 Å². The highest BCUT2D eigenvalue weighted by molar-refractivity contribution is 6.02. The van der Waals surface area contributed by atoms with Crippen molar-refractivity contribution < 1.29 is 18.8 Å². The smallest absolute Gasteiger partial charge is 0.325 e. The number of urea groups is 1. The zero-order valence-corrected chi connectivity index (χ0v) is 17.3. The van der Waals surface area contributed by atoms with Crippen molar-refractivity contribution in [3.63, 3.8) is 0 Å². The molecule has 2 aromatic rings. The normalized spacial score (nSPS) is 21.1. The third-order valence-electron chi connectivity index (χ3n) is 5.74. The molecular formula is C23H25FN4O3. The molecule has 0 saturated carbocycles. The molecule has 2 unspecified atom stereocenters. The van der Waals surface area contributed by atoms with Crippen LogP contribution in [-0.4, -0.2) is 52.8 Å². The average Bonchev–Trinajstić information content (AvgIpc) is 2.77. The molecule has 4 amide bonds. The minimum atomic E-state index is -0.532. The molecule has 7 nitrogen and oxygen atoms in total. The van der Waals surface area contributed by atoms with Crippen LogP contribution in [0.1, 0.15) is 24.0 Å². The standard InChI is InChI=1S/C23H25FN4O3/c1-15-4-6-16(7-5-15)13-28-22(30)21-19(3-2-12-25-21)27(23(28)31)14-20(29)26-18-10-8-17(24)9-11-18/h4-11,19,21,25H,2-3,12-14H2,1H3,(H,26,29). The average molecular weight is 424 g/mol. The van der Waals surface area contributed by atoms with Crippen molar-refractivity contribution in [3.05, 3.63) is 65.5 Å². The van der Waals surface area contributed by atoms with Crippen molar-refractivity contribution in [1.29, 1.82) is 0 Å². The first kappa shape index (κ1) is 21.0. The minimum Gasteiger partial charge on any atom is -0.325 e. The number of rotatable bonds is 5. The molecule has 2 saturated heterocycles. The summed E-state index contributed by atoms with van der Waals surface area (Å²) in [4.78, 5) is 41.7. The molecule has 2 fully saturated rings. The van der Waals surface area contributed by atoms with E-state index >= 15 is 0 Å². The molecule has 0 radical (unpaired) electrons. The van der Waals surface area contributed by atoms with Gasteiger partial charge in [-0.2, -0.15) is 0 Å². The van der Waals surface area contributed by atoms with E-state index < -0.39 is 23.8 Å². The molecule has 0 bridgehead atoms. The fraction of sp³-hybridized carbons (Fsp3) is 0.348. The first-order valence-electron chi connectivity index (χ1n) is 10.4. The Hall–Kier alpha value is -3.26. The van der Waals surface area contributed by atoms with E-state index in [1.54, 1.807) is 0 Å². The van der Waals surface area contributed by atoms with Gasteiger partial charge < -0.3 is 15.5 Å². The molecule has 2 heterocycles. The van der Waals surface area contributed by atoms with Gasteiger partial charge in [-0.15, -0.1) is 0 Å². The Balaban J connectivity index is 1.53. The van der Waals surface area contributed by atoms with E-state index in [1.807, 2.05) is 31.2 Å². The number of imide groups is 1. The highest BCUT2D eigenvalue weighted by Crippen LogP contribution is 2.26. The van der Waals surface area contributed by atoms with Gasteiger partial charge in [-0.1, -0.05) is 29.8 Å². The quantitative estimate of drug-likeness (QED) is 0.773. The van der Waals surface area contributed by atoms with Gasteiger partial charge in [0.25, 0.3) is 0 Å². The van der Waals surface area contributed by atoms with E-state index in [0.717, 1.165) is 17.5 Å². The van der Waals surface area contributed by atoms with Crippen molar-refractivity contribution in [2.24, 2.45) is 0 Å². The second-order valence-corrected chi connectivity index (χ2v) is 8.02. The van der Waals surface area contributed by atoms with E-state index in [-0.39, 0.29) is 25.0 Å². The summed E-state index contributed by atoms with van der Waals surface area (Å²) in [6.45, 7) is 2.63. The molecule has 2 atom stereocenters. The maximum atomic E-state index is 13.3. The highest BCUT2D eigenvalue weighted by atomic mass is 19.1. The predicted octanol–water partition coefficient (Wildman–Crippen LogP) is 2.66. The molecule has 0 aromatic heterocycles. The van der Waals surface area contributed by atoms with Crippen LogP contribution in [-0.2, 0) is 16.1 Å². The number of anilines is 1. The van der Waals surface area contributed by atoms with Gasteiger partial charge in [-0.25, -0.2) is 9.18 Å². The molecule has 2 aliphatic heterocycles. The summed E-state index contributed by atoms with van der Waals surface area (Å²) in [6, 6.07) is 11.7. The van der Waals surface area contributed by atoms with Gasteiger partial charge in [-0.3, -0.25) is 14.5 Å². The SMILES string of the molecule is Cc1ccc(CN2C(=O)C3NCCCC3N(CC(=O)Nc3ccc(F)cc3)C2=O)cc1. The Morgan fingerprint density at radius 3 is 2.55 bits per heavy atom. The summed E-state index contributed by atoms with van der Waals surface area (Å²) in [6.07, 6.45) is 1.47. The Labute approximate surface area is 180 Å². The van der Waals surface area contributed by atoms with Crippen molar-refractivity contribution in [2.75, 3.05) is 18.4 Å². The number of carbonyl (C=O) groups excluding carboxylic acids is 3. The van der Waals surface area contributed by atoms with Gasteiger partial charge >= 0.3 is 6.03 Å². The Bertz CT molecular complexity index is 977. The number of carbonyl (C=O) groups is 3. The number of fused-ring (bicyclic) bond motifs is 1. The van der Waals surface area contributed by atoms with Crippen molar-refractivity contribution in [2.45, 2.75) is 38.4 Å². The molecule has 162 valence electrons. The number of piperidine rings is 1. The number of aryl methyl sites for hydroxylation is 1. The maximum absolute atomic E-state index is 13.3. The van der Waals surface area contributed by atoms with Crippen LogP contribution in [0.5, 0.6) is 0 Å². The third kappa shape index (κ3) is 4.59. The molecule has 8 heteroatoms. The monoisotopic (exact) mass is 424 g/mol. The first-order valence-corrected chi connectivity index (χ1v) is 10.4. The lowest BCUT2D eigenvalue weighted by Gasteiger charge is -2.46. The number of nitrogens with one attached hydrogen (secondary N) is 2. The van der Waals surface area contributed by atoms with Gasteiger partial charge in [0.15, 0.2) is 0 Å². The van der Waals surface area contributed by atoms with Gasteiger partial charge in [0, 0.05) is 5.69 Å². The summed E-state index contributed by atoms with van der Waals surface area (Å²) in [7, 11) is 0. The van der Waals surface area contributed by atoms with E-state index in [9.17, 15) is 18.8 Å². The molecule has 2 aliphatic rings. The second-order valence-electron chi connectivity index (χ2n) is 8.02. The van der Waals surface area contributed by atoms with Crippen molar-refractivity contribution >= 4 is 23.5 Å². The minimum absolute atomic E-state index is 0.152. The predicted molar refractivity (Wildman–Crippen MR) is 114 cm³/mol. The summed E-state index contributed by atoms with van der Waals surface area (Å²) in [5.41, 5.74) is 2.38. The fourth-order valence-electron chi connectivity index (χ4n) is 4.11. The molecule has 0 aliphatic carbocycles. The third-order valence-corrected chi connectivity index (χ3v) is 5.74. The number of hydrogen-bond acceptors (Lipinski definition) is 4. The van der Waals surface area contributed by atoms with Crippen LogP contribution < -0.4 is 10.6 Å². The summed E-state index contributed by atoms with van der Waals surface area (Å²) in [5, 5.41) is 5.91. The molecule has 2 N–H and O–H groups in total. The lowest BCUT2D eigenvalue weighted by Crippen LogP contribution is -2.70. The first-order chi connectivity index (χ1) is 14.9. The van der Waals surface area contributed by atoms with Crippen LogP contribution in [0.4, 0.5) is 14.9 Å². The van der Waals surface area contributed by atoms with Gasteiger partial charge in [0.05, 0.1) is 12.6 Å². The van der Waals surface area contributed by atoms with E-state index in [4.69, 9.17) is 0 Å². The van der Waals surface area contributed by atoms with Crippen LogP contribution in [0, 0.1) is 12.7 Å². The molecule has 31 heavy (non-hydrogen) atoms. The second kappa shape index (κ2) is 8.85. The Morgan fingerprint density at radius 1 is 1.13 bits per heavy atom. The number of hydrogen-bond donors (Lipinski definition) is 2.